The van der Waals surface area contributed by atoms with E-state index in [1.807, 2.05) is 0 Å². The molecule has 0 spiro atoms. The number of benzene rings is 3. The fraction of sp³-hybridized carbons (Fsp3) is 0. The number of nitrogens with zero attached hydrogens (tertiary/aromatic N) is 3. The van der Waals surface area contributed by atoms with Crippen LogP contribution in [-0.2, 0) is 4.79 Å². The number of thioether (sulfide) groups is 1. The van der Waals surface area contributed by atoms with Crippen molar-refractivity contribution in [2.24, 2.45) is 10.2 Å². The first-order chi connectivity index (χ1) is 15.3. The Morgan fingerprint density at radius 1 is 0.969 bits per heavy atom. The monoisotopic (exact) mass is 519 g/mol. The molecule has 0 bridgehead atoms. The maximum Gasteiger partial charge on any atom is 0.270 e. The summed E-state index contributed by atoms with van der Waals surface area (Å²) in [6.45, 7) is 0. The predicted octanol–water partition coefficient (Wildman–Crippen LogP) is 8.17. The van der Waals surface area contributed by atoms with E-state index in [4.69, 9.17) is 47.0 Å². The van der Waals surface area contributed by atoms with Gasteiger partial charge in [0.2, 0.25) is 0 Å². The van der Waals surface area contributed by atoms with Gasteiger partial charge in [-0.15, -0.1) is 5.11 Å². The molecule has 1 fully saturated rings. The van der Waals surface area contributed by atoms with Crippen LogP contribution >= 0.6 is 58.8 Å². The Morgan fingerprint density at radius 3 is 2.50 bits per heavy atom. The minimum absolute atomic E-state index is 0.0125. The molecule has 0 atom stereocenters. The largest absolute Gasteiger partial charge is 0.507 e. The Kier molecular flexibility index (Phi) is 6.83. The number of hydrogen-bond donors (Lipinski definition) is 1. The standard InChI is InChI=1S/C22H12Cl3N3O2S2/c23-13-2-1-3-16(10-13)28-21(30)20(32-22(28)31)9-12-8-15(5-7-19(12)29)26-27-18-6-4-14(24)11-17(18)25/h1-11,29H/b20-9+,27-26?. The molecule has 0 aliphatic carbocycles. The molecule has 0 unspecified atom stereocenters. The molecule has 0 saturated carbocycles. The number of aromatic hydroxyl groups is 1. The molecule has 4 rings (SSSR count). The first-order valence-corrected chi connectivity index (χ1v) is 11.4. The van der Waals surface area contributed by atoms with E-state index in [-0.39, 0.29) is 11.7 Å². The Labute approximate surface area is 208 Å². The third-order valence-electron chi connectivity index (χ3n) is 4.34. The number of phenolic OH excluding ortho intramolecular Hbond substituents is 1. The lowest BCUT2D eigenvalue weighted by molar-refractivity contribution is -0.113. The van der Waals surface area contributed by atoms with E-state index >= 15 is 0 Å². The predicted molar refractivity (Wildman–Crippen MR) is 136 cm³/mol. The maximum atomic E-state index is 13.0. The third kappa shape index (κ3) is 4.98. The first kappa shape index (κ1) is 22.8. The lowest BCUT2D eigenvalue weighted by Gasteiger charge is -2.14. The topological polar surface area (TPSA) is 65.3 Å². The summed E-state index contributed by atoms with van der Waals surface area (Å²) in [6.07, 6.45) is 1.56. The summed E-state index contributed by atoms with van der Waals surface area (Å²) in [6, 6.07) is 16.4. The van der Waals surface area contributed by atoms with Crippen LogP contribution in [0, 0.1) is 0 Å². The summed E-state index contributed by atoms with van der Waals surface area (Å²) in [4.78, 5) is 14.7. The highest BCUT2D eigenvalue weighted by atomic mass is 35.5. The van der Waals surface area contributed by atoms with Crippen molar-refractivity contribution in [3.05, 3.63) is 86.2 Å². The van der Waals surface area contributed by atoms with Crippen molar-refractivity contribution in [1.82, 2.24) is 0 Å². The van der Waals surface area contributed by atoms with Crippen LogP contribution < -0.4 is 4.90 Å². The minimum atomic E-state index is -0.304. The van der Waals surface area contributed by atoms with E-state index in [1.54, 1.807) is 60.7 Å². The number of thiocarbonyl (C=S) groups is 1. The SMILES string of the molecule is O=C1/C(=C\c2cc(N=Nc3ccc(Cl)cc3Cl)ccc2O)SC(=S)N1c1cccc(Cl)c1. The molecule has 0 aromatic heterocycles. The quantitative estimate of drug-likeness (QED) is 0.214. The molecule has 0 radical (unpaired) electrons. The Bertz CT molecular complexity index is 1310. The second-order valence-electron chi connectivity index (χ2n) is 6.54. The second-order valence-corrected chi connectivity index (χ2v) is 9.49. The zero-order valence-electron chi connectivity index (χ0n) is 16.0. The fourth-order valence-corrected chi connectivity index (χ4v) is 4.76. The highest BCUT2D eigenvalue weighted by Gasteiger charge is 2.33. The van der Waals surface area contributed by atoms with E-state index in [9.17, 15) is 9.90 Å². The molecule has 32 heavy (non-hydrogen) atoms. The lowest BCUT2D eigenvalue weighted by atomic mass is 10.1. The van der Waals surface area contributed by atoms with Crippen LogP contribution in [-0.4, -0.2) is 15.3 Å². The van der Waals surface area contributed by atoms with Crippen molar-refractivity contribution in [2.75, 3.05) is 4.90 Å². The molecule has 1 saturated heterocycles. The molecular formula is C22H12Cl3N3O2S2. The summed E-state index contributed by atoms with van der Waals surface area (Å²) in [5.41, 5.74) is 1.89. The molecule has 1 heterocycles. The van der Waals surface area contributed by atoms with Gasteiger partial charge in [-0.25, -0.2) is 0 Å². The molecule has 1 aliphatic heterocycles. The highest BCUT2D eigenvalue weighted by Crippen LogP contribution is 2.38. The van der Waals surface area contributed by atoms with Crippen LogP contribution in [0.15, 0.2) is 75.8 Å². The number of carbonyl (C=O) groups is 1. The van der Waals surface area contributed by atoms with Crippen molar-refractivity contribution >= 4 is 92.1 Å². The lowest BCUT2D eigenvalue weighted by Crippen LogP contribution is -2.27. The van der Waals surface area contributed by atoms with Crippen molar-refractivity contribution in [1.29, 1.82) is 0 Å². The van der Waals surface area contributed by atoms with Gasteiger partial charge in [0.25, 0.3) is 5.91 Å². The summed E-state index contributed by atoms with van der Waals surface area (Å²) in [7, 11) is 0. The van der Waals surface area contributed by atoms with Gasteiger partial charge in [-0.2, -0.15) is 5.11 Å². The van der Waals surface area contributed by atoms with E-state index in [0.717, 1.165) is 11.8 Å². The number of azo groups is 1. The zero-order valence-corrected chi connectivity index (χ0v) is 19.9. The van der Waals surface area contributed by atoms with Crippen LogP contribution in [0.5, 0.6) is 5.75 Å². The smallest absolute Gasteiger partial charge is 0.270 e. The normalized spacial score (nSPS) is 15.3. The Balaban J connectivity index is 1.62. The number of halogens is 3. The molecule has 3 aromatic rings. The maximum absolute atomic E-state index is 13.0. The van der Waals surface area contributed by atoms with Crippen molar-refractivity contribution in [3.8, 4) is 5.75 Å². The van der Waals surface area contributed by atoms with Crippen molar-refractivity contribution in [3.63, 3.8) is 0 Å². The number of hydrogen-bond acceptors (Lipinski definition) is 6. The first-order valence-electron chi connectivity index (χ1n) is 9.05. The van der Waals surface area contributed by atoms with E-state index in [1.165, 1.54) is 11.0 Å². The molecule has 160 valence electrons. The summed E-state index contributed by atoms with van der Waals surface area (Å²) >= 11 is 24.6. The van der Waals surface area contributed by atoms with Gasteiger partial charge in [0.15, 0.2) is 4.32 Å². The Hall–Kier alpha value is -2.42. The number of amides is 1. The van der Waals surface area contributed by atoms with Gasteiger partial charge in [-0.05, 0) is 60.7 Å². The fourth-order valence-electron chi connectivity index (χ4n) is 2.84. The van der Waals surface area contributed by atoms with Crippen molar-refractivity contribution < 1.29 is 9.90 Å². The zero-order chi connectivity index (χ0) is 22.8. The van der Waals surface area contributed by atoms with Gasteiger partial charge >= 0.3 is 0 Å². The van der Waals surface area contributed by atoms with Crippen molar-refractivity contribution in [2.45, 2.75) is 0 Å². The number of phenols is 1. The molecule has 3 aromatic carbocycles. The van der Waals surface area contributed by atoms with Crippen LogP contribution in [0.4, 0.5) is 17.1 Å². The second kappa shape index (κ2) is 9.60. The van der Waals surface area contributed by atoms with Gasteiger partial charge in [-0.1, -0.05) is 64.8 Å². The van der Waals surface area contributed by atoms with Gasteiger partial charge in [0, 0.05) is 15.6 Å². The van der Waals surface area contributed by atoms with E-state index in [0.29, 0.717) is 46.9 Å². The average Bonchev–Trinajstić information content (AvgIpc) is 3.02. The molecule has 10 heteroatoms. The number of rotatable bonds is 4. The van der Waals surface area contributed by atoms with Crippen LogP contribution in [0.1, 0.15) is 5.56 Å². The van der Waals surface area contributed by atoms with Gasteiger partial charge in [0.1, 0.15) is 11.4 Å². The van der Waals surface area contributed by atoms with Gasteiger partial charge in [-0.3, -0.25) is 9.69 Å². The molecule has 5 nitrogen and oxygen atoms in total. The molecule has 1 amide bonds. The summed E-state index contributed by atoms with van der Waals surface area (Å²) in [5, 5.41) is 19.9. The van der Waals surface area contributed by atoms with Gasteiger partial charge < -0.3 is 5.11 Å². The van der Waals surface area contributed by atoms with Gasteiger partial charge in [0.05, 0.1) is 21.3 Å². The van der Waals surface area contributed by atoms with Crippen LogP contribution in [0.25, 0.3) is 6.08 Å². The summed E-state index contributed by atoms with van der Waals surface area (Å²) in [5.74, 6) is -0.317. The third-order valence-corrected chi connectivity index (χ3v) is 6.42. The summed E-state index contributed by atoms with van der Waals surface area (Å²) < 4.78 is 0.372. The van der Waals surface area contributed by atoms with Crippen LogP contribution in [0.3, 0.4) is 0 Å². The highest BCUT2D eigenvalue weighted by molar-refractivity contribution is 8.27. The number of anilines is 1. The average molecular weight is 521 g/mol. The van der Waals surface area contributed by atoms with E-state index < -0.39 is 0 Å². The molecular weight excluding hydrogens is 509 g/mol. The molecule has 1 aliphatic rings. The van der Waals surface area contributed by atoms with E-state index in [2.05, 4.69) is 10.2 Å². The van der Waals surface area contributed by atoms with Crippen LogP contribution in [0.2, 0.25) is 15.1 Å². The molecule has 1 N–H and O–H groups in total. The Morgan fingerprint density at radius 2 is 1.75 bits per heavy atom. The minimum Gasteiger partial charge on any atom is -0.507 e. The number of carbonyl (C=O) groups excluding carboxylic acids is 1.